The van der Waals surface area contributed by atoms with Gasteiger partial charge in [0.25, 0.3) is 5.91 Å². The maximum Gasteiger partial charge on any atom is 0.404 e. The number of thiophene rings is 1. The maximum atomic E-state index is 13.2. The molecule has 2 atom stereocenters. The number of hydrogen-bond donors (Lipinski definition) is 3. The summed E-state index contributed by atoms with van der Waals surface area (Å²) in [7, 11) is 1.79. The highest BCUT2D eigenvalue weighted by molar-refractivity contribution is 7.12. The van der Waals surface area contributed by atoms with Gasteiger partial charge in [-0.1, -0.05) is 62.7 Å². The molecule has 3 N–H and O–H groups in total. The number of benzene rings is 1. The Hall–Kier alpha value is -2.84. The first kappa shape index (κ1) is 23.8. The molecule has 0 saturated heterocycles. The highest BCUT2D eigenvalue weighted by Crippen LogP contribution is 2.31. The third-order valence-electron chi connectivity index (χ3n) is 5.22. The van der Waals surface area contributed by atoms with Crippen molar-refractivity contribution in [3.05, 3.63) is 63.4 Å². The third kappa shape index (κ3) is 5.69. The van der Waals surface area contributed by atoms with Crippen LogP contribution < -0.4 is 10.6 Å². The highest BCUT2D eigenvalue weighted by atomic mass is 35.5. The number of amides is 2. The molecule has 3 aromatic rings. The molecule has 32 heavy (non-hydrogen) atoms. The van der Waals surface area contributed by atoms with Gasteiger partial charge in [-0.2, -0.15) is 5.10 Å². The summed E-state index contributed by atoms with van der Waals surface area (Å²) < 4.78 is 1.66. The molecule has 2 unspecified atom stereocenters. The van der Waals surface area contributed by atoms with Crippen LogP contribution in [-0.2, 0) is 13.5 Å². The summed E-state index contributed by atoms with van der Waals surface area (Å²) in [5, 5.41) is 21.6. The number of nitrogens with zero attached hydrogens (tertiary/aromatic N) is 2. The Morgan fingerprint density at radius 3 is 2.47 bits per heavy atom. The fourth-order valence-electron chi connectivity index (χ4n) is 3.73. The van der Waals surface area contributed by atoms with E-state index in [9.17, 15) is 14.7 Å². The average molecular weight is 475 g/mol. The molecule has 1 aromatic carbocycles. The lowest BCUT2D eigenvalue weighted by molar-refractivity contribution is 0.0905. The lowest BCUT2D eigenvalue weighted by atomic mass is 9.80. The molecule has 0 aliphatic rings. The molecule has 0 spiro atoms. The Labute approximate surface area is 196 Å². The van der Waals surface area contributed by atoms with E-state index in [-0.39, 0.29) is 5.91 Å². The summed E-state index contributed by atoms with van der Waals surface area (Å²) in [5.41, 5.74) is 2.13. The van der Waals surface area contributed by atoms with Crippen molar-refractivity contribution in [3.63, 3.8) is 0 Å². The molecule has 0 fully saturated rings. The monoisotopic (exact) mass is 474 g/mol. The standard InChI is InChI=1S/C23H27ClN4O3S/c1-23(2,3)20(27-22(30)31)17(10-14-8-6-5-7-9-14)26-21(29)18-11-15(13-32-18)19-16(24)12-25-28(19)4/h5-9,11-13,17,20,27H,10H2,1-4H3,(H,26,29)(H,30,31). The van der Waals surface area contributed by atoms with E-state index < -0.39 is 23.6 Å². The molecule has 2 heterocycles. The molecule has 2 amide bonds. The lowest BCUT2D eigenvalue weighted by Gasteiger charge is -2.37. The summed E-state index contributed by atoms with van der Waals surface area (Å²) in [6, 6.07) is 10.5. The number of nitrogens with one attached hydrogen (secondary N) is 2. The van der Waals surface area contributed by atoms with Crippen LogP contribution in [0, 0.1) is 5.41 Å². The molecule has 7 nitrogen and oxygen atoms in total. The topological polar surface area (TPSA) is 96.3 Å². The number of aromatic nitrogens is 2. The van der Waals surface area contributed by atoms with Crippen LogP contribution in [0.15, 0.2) is 48.0 Å². The van der Waals surface area contributed by atoms with Gasteiger partial charge in [-0.15, -0.1) is 11.3 Å². The second-order valence-corrected chi connectivity index (χ2v) is 10.0. The van der Waals surface area contributed by atoms with Gasteiger partial charge in [0, 0.05) is 18.0 Å². The number of aryl methyl sites for hydroxylation is 1. The summed E-state index contributed by atoms with van der Waals surface area (Å²) in [4.78, 5) is 25.2. The predicted molar refractivity (Wildman–Crippen MR) is 127 cm³/mol. The van der Waals surface area contributed by atoms with Crippen LogP contribution in [0.1, 0.15) is 36.0 Å². The minimum atomic E-state index is -1.12. The van der Waals surface area contributed by atoms with Crippen LogP contribution in [0.2, 0.25) is 5.02 Å². The molecule has 9 heteroatoms. The van der Waals surface area contributed by atoms with Gasteiger partial charge >= 0.3 is 6.09 Å². The zero-order valence-corrected chi connectivity index (χ0v) is 20.0. The number of rotatable bonds is 7. The minimum absolute atomic E-state index is 0.262. The Morgan fingerprint density at radius 2 is 1.91 bits per heavy atom. The van der Waals surface area contributed by atoms with Gasteiger partial charge in [0.2, 0.25) is 0 Å². The van der Waals surface area contributed by atoms with Crippen LogP contribution in [0.4, 0.5) is 4.79 Å². The molecule has 0 saturated carbocycles. The summed E-state index contributed by atoms with van der Waals surface area (Å²) in [5.74, 6) is -0.262. The number of halogens is 1. The molecule has 3 rings (SSSR count). The predicted octanol–water partition coefficient (Wildman–Crippen LogP) is 4.83. The Bertz CT molecular complexity index is 1070. The molecular weight excluding hydrogens is 448 g/mol. The Kier molecular flexibility index (Phi) is 7.26. The lowest BCUT2D eigenvalue weighted by Crippen LogP contribution is -2.58. The summed E-state index contributed by atoms with van der Waals surface area (Å²) >= 11 is 7.55. The summed E-state index contributed by atoms with van der Waals surface area (Å²) in [6.07, 6.45) is 0.928. The van der Waals surface area contributed by atoms with Gasteiger partial charge in [0.1, 0.15) is 0 Å². The van der Waals surface area contributed by atoms with Gasteiger partial charge in [-0.05, 0) is 23.5 Å². The zero-order valence-electron chi connectivity index (χ0n) is 18.4. The average Bonchev–Trinajstić information content (AvgIpc) is 3.32. The number of carbonyl (C=O) groups excluding carboxylic acids is 1. The van der Waals surface area contributed by atoms with Crippen molar-refractivity contribution >= 4 is 34.9 Å². The number of carboxylic acid groups (broad SMARTS) is 1. The molecule has 0 radical (unpaired) electrons. The zero-order chi connectivity index (χ0) is 23.5. The molecule has 0 aliphatic heterocycles. The van der Waals surface area contributed by atoms with Crippen molar-refractivity contribution in [2.24, 2.45) is 12.5 Å². The van der Waals surface area contributed by atoms with E-state index in [2.05, 4.69) is 15.7 Å². The second-order valence-electron chi connectivity index (χ2n) is 8.73. The van der Waals surface area contributed by atoms with Crippen molar-refractivity contribution in [2.45, 2.75) is 39.3 Å². The normalized spacial score (nSPS) is 13.4. The van der Waals surface area contributed by atoms with Crippen molar-refractivity contribution in [1.82, 2.24) is 20.4 Å². The van der Waals surface area contributed by atoms with Crippen LogP contribution >= 0.6 is 22.9 Å². The van der Waals surface area contributed by atoms with Gasteiger partial charge < -0.3 is 15.7 Å². The molecule has 0 aliphatic carbocycles. The van der Waals surface area contributed by atoms with E-state index in [1.165, 1.54) is 11.3 Å². The molecule has 0 bridgehead atoms. The largest absolute Gasteiger partial charge is 0.465 e. The number of hydrogen-bond acceptors (Lipinski definition) is 4. The molecular formula is C23H27ClN4O3S. The smallest absolute Gasteiger partial charge is 0.404 e. The minimum Gasteiger partial charge on any atom is -0.465 e. The fraction of sp³-hybridized carbons (Fsp3) is 0.348. The van der Waals surface area contributed by atoms with Gasteiger partial charge in [-0.3, -0.25) is 9.48 Å². The van der Waals surface area contributed by atoms with Crippen LogP contribution in [-0.4, -0.2) is 39.0 Å². The van der Waals surface area contributed by atoms with E-state index in [0.717, 1.165) is 16.8 Å². The second kappa shape index (κ2) is 9.75. The quantitative estimate of drug-likeness (QED) is 0.457. The molecule has 170 valence electrons. The van der Waals surface area contributed by atoms with Crippen molar-refractivity contribution in [1.29, 1.82) is 0 Å². The first-order valence-electron chi connectivity index (χ1n) is 10.2. The van der Waals surface area contributed by atoms with E-state index in [1.54, 1.807) is 24.0 Å². The Morgan fingerprint density at radius 1 is 1.22 bits per heavy atom. The van der Waals surface area contributed by atoms with Crippen LogP contribution in [0.25, 0.3) is 11.3 Å². The Balaban J connectivity index is 1.88. The fourth-order valence-corrected chi connectivity index (χ4v) is 4.80. The van der Waals surface area contributed by atoms with E-state index in [4.69, 9.17) is 11.6 Å². The maximum absolute atomic E-state index is 13.2. The first-order valence-corrected chi connectivity index (χ1v) is 11.4. The SMILES string of the molecule is Cn1ncc(Cl)c1-c1csc(C(=O)NC(Cc2ccccc2)C(NC(=O)O)C(C)(C)C)c1. The van der Waals surface area contributed by atoms with E-state index in [0.29, 0.717) is 16.3 Å². The van der Waals surface area contributed by atoms with Crippen LogP contribution in [0.5, 0.6) is 0 Å². The number of carbonyl (C=O) groups is 2. The molecule has 2 aromatic heterocycles. The van der Waals surface area contributed by atoms with Gasteiger partial charge in [0.15, 0.2) is 0 Å². The van der Waals surface area contributed by atoms with Crippen molar-refractivity contribution in [2.75, 3.05) is 0 Å². The third-order valence-corrected chi connectivity index (χ3v) is 6.43. The summed E-state index contributed by atoms with van der Waals surface area (Å²) in [6.45, 7) is 5.85. The van der Waals surface area contributed by atoms with Gasteiger partial charge in [0.05, 0.1) is 33.9 Å². The first-order chi connectivity index (χ1) is 15.1. The van der Waals surface area contributed by atoms with E-state index in [1.807, 2.05) is 56.5 Å². The van der Waals surface area contributed by atoms with Crippen molar-refractivity contribution in [3.8, 4) is 11.3 Å². The van der Waals surface area contributed by atoms with Crippen molar-refractivity contribution < 1.29 is 14.7 Å². The highest BCUT2D eigenvalue weighted by Gasteiger charge is 2.35. The van der Waals surface area contributed by atoms with E-state index >= 15 is 0 Å². The van der Waals surface area contributed by atoms with Gasteiger partial charge in [-0.25, -0.2) is 4.79 Å². The van der Waals surface area contributed by atoms with Crippen LogP contribution in [0.3, 0.4) is 0 Å².